The largest absolute Gasteiger partial charge is 0.383 e. The van der Waals surface area contributed by atoms with Gasteiger partial charge in [0.1, 0.15) is 9.52 Å². The van der Waals surface area contributed by atoms with Gasteiger partial charge in [-0.05, 0) is 42.5 Å². The van der Waals surface area contributed by atoms with Crippen LogP contribution in [0.15, 0.2) is 12.3 Å². The Morgan fingerprint density at radius 1 is 1.50 bits per heavy atom. The van der Waals surface area contributed by atoms with Gasteiger partial charge in [-0.2, -0.15) is 5.10 Å². The van der Waals surface area contributed by atoms with Gasteiger partial charge >= 0.3 is 0 Å². The Balaban J connectivity index is 2.84. The van der Waals surface area contributed by atoms with E-state index in [1.165, 1.54) is 0 Å². The van der Waals surface area contributed by atoms with Gasteiger partial charge in [0.15, 0.2) is 0 Å². The maximum atomic E-state index is 5.80. The van der Waals surface area contributed by atoms with Crippen molar-refractivity contribution in [3.63, 3.8) is 0 Å². The first kappa shape index (κ1) is 9.70. The lowest BCUT2D eigenvalue weighted by Crippen LogP contribution is -2.02. The van der Waals surface area contributed by atoms with Crippen LogP contribution in [0.3, 0.4) is 0 Å². The molecule has 0 saturated heterocycles. The summed E-state index contributed by atoms with van der Waals surface area (Å²) in [6.07, 6.45) is 1.72. The van der Waals surface area contributed by atoms with Crippen molar-refractivity contribution < 1.29 is 0 Å². The number of halogens is 1. The fourth-order valence-corrected chi connectivity index (χ4v) is 2.25. The third kappa shape index (κ3) is 1.35. The van der Waals surface area contributed by atoms with Crippen molar-refractivity contribution in [3.05, 3.63) is 16.0 Å². The summed E-state index contributed by atoms with van der Waals surface area (Å²) >= 11 is 2.19. The molecular formula is C9H11IN4. The van der Waals surface area contributed by atoms with Crippen molar-refractivity contribution in [1.82, 2.24) is 14.8 Å². The van der Waals surface area contributed by atoms with Crippen LogP contribution in [-0.2, 0) is 0 Å². The second-order valence-corrected chi connectivity index (χ2v) is 4.44. The molecule has 2 aromatic rings. The summed E-state index contributed by atoms with van der Waals surface area (Å²) < 4.78 is 2.88. The van der Waals surface area contributed by atoms with Crippen LogP contribution in [0.1, 0.15) is 19.9 Å². The smallest absolute Gasteiger partial charge is 0.135 e. The molecule has 2 aromatic heterocycles. The molecule has 0 spiro atoms. The molecule has 2 rings (SSSR count). The molecule has 4 nitrogen and oxygen atoms in total. The maximum absolute atomic E-state index is 5.80. The van der Waals surface area contributed by atoms with Gasteiger partial charge in [0.2, 0.25) is 0 Å². The molecule has 0 bridgehead atoms. The number of nitrogens with two attached hydrogens (primary N) is 1. The van der Waals surface area contributed by atoms with Crippen LogP contribution in [0, 0.1) is 3.70 Å². The minimum atomic E-state index is 0.336. The number of rotatable bonds is 1. The molecule has 0 atom stereocenters. The highest BCUT2D eigenvalue weighted by molar-refractivity contribution is 14.1. The van der Waals surface area contributed by atoms with E-state index in [-0.39, 0.29) is 0 Å². The number of pyridine rings is 1. The maximum Gasteiger partial charge on any atom is 0.135 e. The highest BCUT2D eigenvalue weighted by atomic mass is 127. The van der Waals surface area contributed by atoms with Crippen molar-refractivity contribution in [2.75, 3.05) is 5.73 Å². The zero-order valence-corrected chi connectivity index (χ0v) is 10.2. The molecule has 0 amide bonds. The molecule has 0 radical (unpaired) electrons. The summed E-state index contributed by atoms with van der Waals surface area (Å²) in [5.41, 5.74) is 6.85. The average Bonchev–Trinajstić information content (AvgIpc) is 2.45. The summed E-state index contributed by atoms with van der Waals surface area (Å²) in [7, 11) is 0. The van der Waals surface area contributed by atoms with E-state index in [9.17, 15) is 0 Å². The quantitative estimate of drug-likeness (QED) is 0.822. The zero-order chi connectivity index (χ0) is 10.3. The van der Waals surface area contributed by atoms with Gasteiger partial charge in [-0.3, -0.25) is 4.68 Å². The van der Waals surface area contributed by atoms with Crippen LogP contribution < -0.4 is 5.73 Å². The Morgan fingerprint density at radius 3 is 2.86 bits per heavy atom. The van der Waals surface area contributed by atoms with Crippen molar-refractivity contribution in [1.29, 1.82) is 0 Å². The van der Waals surface area contributed by atoms with E-state index in [4.69, 9.17) is 5.73 Å². The first-order valence-corrected chi connectivity index (χ1v) is 5.47. The number of anilines is 1. The first-order valence-electron chi connectivity index (χ1n) is 4.39. The molecule has 0 fully saturated rings. The summed E-state index contributed by atoms with van der Waals surface area (Å²) in [6.45, 7) is 4.19. The third-order valence-electron chi connectivity index (χ3n) is 2.10. The fourth-order valence-electron chi connectivity index (χ4n) is 1.46. The van der Waals surface area contributed by atoms with Crippen molar-refractivity contribution in [3.8, 4) is 0 Å². The molecule has 0 saturated carbocycles. The Labute approximate surface area is 95.6 Å². The average molecular weight is 302 g/mol. The minimum absolute atomic E-state index is 0.336. The number of hydrogen-bond donors (Lipinski definition) is 1. The highest BCUT2D eigenvalue weighted by Gasteiger charge is 2.12. The fraction of sp³-hybridized carbons (Fsp3) is 0.333. The number of aromatic nitrogens is 3. The van der Waals surface area contributed by atoms with Gasteiger partial charge in [0.05, 0.1) is 10.9 Å². The van der Waals surface area contributed by atoms with E-state index in [1.807, 2.05) is 10.7 Å². The van der Waals surface area contributed by atoms with Crippen molar-refractivity contribution >= 4 is 39.3 Å². The molecule has 5 heteroatoms. The second kappa shape index (κ2) is 3.38. The molecule has 74 valence electrons. The number of hydrogen-bond acceptors (Lipinski definition) is 3. The number of nitrogen functional groups attached to an aromatic ring is 1. The summed E-state index contributed by atoms with van der Waals surface area (Å²) in [6, 6.07) is 2.28. The lowest BCUT2D eigenvalue weighted by molar-refractivity contribution is 0.547. The summed E-state index contributed by atoms with van der Waals surface area (Å²) in [4.78, 5) is 4.06. The topological polar surface area (TPSA) is 56.7 Å². The van der Waals surface area contributed by atoms with Crippen LogP contribution in [-0.4, -0.2) is 14.8 Å². The highest BCUT2D eigenvalue weighted by Crippen LogP contribution is 2.26. The first-order chi connectivity index (χ1) is 6.61. The Bertz CT molecular complexity index is 475. The van der Waals surface area contributed by atoms with Crippen LogP contribution in [0.5, 0.6) is 0 Å². The van der Waals surface area contributed by atoms with E-state index >= 15 is 0 Å². The van der Waals surface area contributed by atoms with E-state index < -0.39 is 0 Å². The molecule has 2 heterocycles. The van der Waals surface area contributed by atoms with Gasteiger partial charge < -0.3 is 5.73 Å². The van der Waals surface area contributed by atoms with Crippen LogP contribution >= 0.6 is 22.6 Å². The molecular weight excluding hydrogens is 291 g/mol. The van der Waals surface area contributed by atoms with Crippen molar-refractivity contribution in [2.45, 2.75) is 19.9 Å². The standard InChI is InChI=1S/C9H11IN4/c1-5(2)14-6-3-4-12-9(11)7(6)8(10)13-14/h3-5H,1-2H3,(H2,11,12). The van der Waals surface area contributed by atoms with Crippen LogP contribution in [0.4, 0.5) is 5.82 Å². The molecule has 2 N–H and O–H groups in total. The molecule has 0 aromatic carbocycles. The number of nitrogens with zero attached hydrogens (tertiary/aromatic N) is 3. The third-order valence-corrected chi connectivity index (χ3v) is 2.85. The van der Waals surface area contributed by atoms with Gasteiger partial charge in [0.25, 0.3) is 0 Å². The van der Waals surface area contributed by atoms with Crippen LogP contribution in [0.2, 0.25) is 0 Å². The molecule has 14 heavy (non-hydrogen) atoms. The molecule has 0 aliphatic carbocycles. The van der Waals surface area contributed by atoms with E-state index in [2.05, 4.69) is 46.5 Å². The zero-order valence-electron chi connectivity index (χ0n) is 8.03. The van der Waals surface area contributed by atoms with Crippen LogP contribution in [0.25, 0.3) is 10.9 Å². The van der Waals surface area contributed by atoms with Gasteiger partial charge in [-0.25, -0.2) is 4.98 Å². The minimum Gasteiger partial charge on any atom is -0.383 e. The monoisotopic (exact) mass is 302 g/mol. The Hall–Kier alpha value is -0.850. The predicted molar refractivity (Wildman–Crippen MR) is 65.0 cm³/mol. The lowest BCUT2D eigenvalue weighted by atomic mass is 10.3. The molecule has 0 aliphatic heterocycles. The summed E-state index contributed by atoms with van der Waals surface area (Å²) in [5.74, 6) is 0.554. The molecule has 0 aliphatic rings. The number of fused-ring (bicyclic) bond motifs is 1. The van der Waals surface area contributed by atoms with Crippen molar-refractivity contribution in [2.24, 2.45) is 0 Å². The van der Waals surface area contributed by atoms with E-state index in [0.29, 0.717) is 11.9 Å². The van der Waals surface area contributed by atoms with Gasteiger partial charge in [0, 0.05) is 12.2 Å². The predicted octanol–water partition coefficient (Wildman–Crippen LogP) is 2.20. The van der Waals surface area contributed by atoms with E-state index in [0.717, 1.165) is 14.6 Å². The molecule has 0 unspecified atom stereocenters. The normalized spacial score (nSPS) is 11.4. The van der Waals surface area contributed by atoms with E-state index in [1.54, 1.807) is 6.20 Å². The SMILES string of the molecule is CC(C)n1nc(I)c2c(N)nccc21. The Morgan fingerprint density at radius 2 is 2.21 bits per heavy atom. The van der Waals surface area contributed by atoms with Gasteiger partial charge in [-0.15, -0.1) is 0 Å². The second-order valence-electron chi connectivity index (χ2n) is 3.42. The lowest BCUT2D eigenvalue weighted by Gasteiger charge is -2.06. The Kier molecular flexibility index (Phi) is 2.34. The van der Waals surface area contributed by atoms with Gasteiger partial charge in [-0.1, -0.05) is 0 Å². The summed E-state index contributed by atoms with van der Waals surface area (Å²) in [5, 5.41) is 5.39.